The molecule has 0 aliphatic carbocycles. The van der Waals surface area contributed by atoms with Crippen LogP contribution in [0, 0.1) is 0 Å². The molecule has 2 aromatic heterocycles. The molecule has 0 fully saturated rings. The van der Waals surface area contributed by atoms with Gasteiger partial charge in [-0.2, -0.15) is 11.3 Å². The molecular formula is C20H21N3O3S2. The van der Waals surface area contributed by atoms with Crippen LogP contribution in [0.4, 0.5) is 11.4 Å². The van der Waals surface area contributed by atoms with Crippen molar-refractivity contribution < 1.29 is 14.3 Å². The average Bonchev–Trinajstić information content (AvgIpc) is 3.33. The first-order valence-electron chi connectivity index (χ1n) is 8.67. The summed E-state index contributed by atoms with van der Waals surface area (Å²) in [7, 11) is 3.89. The minimum Gasteiger partial charge on any atom is -0.452 e. The lowest BCUT2D eigenvalue weighted by atomic mass is 10.2. The van der Waals surface area contributed by atoms with E-state index in [1.165, 1.54) is 11.3 Å². The van der Waals surface area contributed by atoms with Crippen LogP contribution in [0.3, 0.4) is 0 Å². The first-order valence-corrected chi connectivity index (χ1v) is 10.5. The molecule has 1 unspecified atom stereocenters. The van der Waals surface area contributed by atoms with Crippen molar-refractivity contribution in [2.45, 2.75) is 19.4 Å². The molecule has 8 heteroatoms. The summed E-state index contributed by atoms with van der Waals surface area (Å²) in [5.74, 6) is -0.851. The van der Waals surface area contributed by atoms with Gasteiger partial charge >= 0.3 is 5.97 Å². The topological polar surface area (TPSA) is 71.5 Å². The number of nitrogens with one attached hydrogen (secondary N) is 1. The molecule has 0 spiro atoms. The Labute approximate surface area is 171 Å². The van der Waals surface area contributed by atoms with Crippen molar-refractivity contribution in [1.82, 2.24) is 4.98 Å². The highest BCUT2D eigenvalue weighted by atomic mass is 32.1. The van der Waals surface area contributed by atoms with Crippen LogP contribution < -0.4 is 10.2 Å². The number of esters is 1. The zero-order valence-corrected chi connectivity index (χ0v) is 17.5. The van der Waals surface area contributed by atoms with E-state index in [9.17, 15) is 9.59 Å². The first-order chi connectivity index (χ1) is 13.4. The van der Waals surface area contributed by atoms with Gasteiger partial charge in [-0.1, -0.05) is 0 Å². The van der Waals surface area contributed by atoms with Crippen molar-refractivity contribution in [3.05, 3.63) is 52.2 Å². The van der Waals surface area contributed by atoms with Crippen LogP contribution in [-0.2, 0) is 20.7 Å². The molecule has 2 heterocycles. The molecule has 28 heavy (non-hydrogen) atoms. The summed E-state index contributed by atoms with van der Waals surface area (Å²) in [5, 5.41) is 9.46. The number of thiazole rings is 1. The van der Waals surface area contributed by atoms with E-state index >= 15 is 0 Å². The van der Waals surface area contributed by atoms with E-state index in [-0.39, 0.29) is 12.3 Å². The Kier molecular flexibility index (Phi) is 6.43. The fourth-order valence-corrected chi connectivity index (χ4v) is 3.97. The van der Waals surface area contributed by atoms with Crippen molar-refractivity contribution in [2.75, 3.05) is 24.3 Å². The van der Waals surface area contributed by atoms with E-state index in [1.807, 2.05) is 65.5 Å². The largest absolute Gasteiger partial charge is 0.452 e. The smallest absolute Gasteiger partial charge is 0.312 e. The van der Waals surface area contributed by atoms with E-state index in [0.717, 1.165) is 16.3 Å². The zero-order valence-electron chi connectivity index (χ0n) is 15.8. The molecule has 1 amide bonds. The Morgan fingerprint density at radius 3 is 2.57 bits per heavy atom. The Morgan fingerprint density at radius 1 is 1.18 bits per heavy atom. The van der Waals surface area contributed by atoms with Crippen LogP contribution in [0.15, 0.2) is 46.5 Å². The maximum Gasteiger partial charge on any atom is 0.312 e. The molecule has 1 atom stereocenters. The van der Waals surface area contributed by atoms with E-state index in [4.69, 9.17) is 4.74 Å². The summed E-state index contributed by atoms with van der Waals surface area (Å²) in [6, 6.07) is 9.41. The molecule has 0 aliphatic rings. The predicted molar refractivity (Wildman–Crippen MR) is 114 cm³/mol. The average molecular weight is 416 g/mol. The number of ether oxygens (including phenoxy) is 1. The number of hydrogen-bond acceptors (Lipinski definition) is 7. The second-order valence-electron chi connectivity index (χ2n) is 6.40. The van der Waals surface area contributed by atoms with E-state index in [1.54, 1.807) is 18.3 Å². The van der Waals surface area contributed by atoms with Gasteiger partial charge in [0.1, 0.15) is 5.01 Å². The van der Waals surface area contributed by atoms with Crippen LogP contribution >= 0.6 is 22.7 Å². The Balaban J connectivity index is 1.51. The van der Waals surface area contributed by atoms with Crippen LogP contribution in [0.25, 0.3) is 10.6 Å². The quantitative estimate of drug-likeness (QED) is 0.590. The Bertz CT molecular complexity index is 934. The van der Waals surface area contributed by atoms with Crippen LogP contribution in [0.1, 0.15) is 12.6 Å². The molecule has 146 valence electrons. The second kappa shape index (κ2) is 8.99. The lowest BCUT2D eigenvalue weighted by Crippen LogP contribution is -2.30. The number of amides is 1. The third-order valence-corrected chi connectivity index (χ3v) is 5.60. The third kappa shape index (κ3) is 5.17. The highest BCUT2D eigenvalue weighted by Gasteiger charge is 2.19. The van der Waals surface area contributed by atoms with Crippen molar-refractivity contribution >= 4 is 45.9 Å². The molecule has 0 bridgehead atoms. The SMILES string of the molecule is CC(OC(=O)Cc1csc(-c2ccsc2)n1)C(=O)Nc1ccc(N(C)C)cc1. The number of thiophene rings is 1. The summed E-state index contributed by atoms with van der Waals surface area (Å²) in [5.41, 5.74) is 3.37. The van der Waals surface area contributed by atoms with Crippen LogP contribution in [0.2, 0.25) is 0 Å². The molecule has 6 nitrogen and oxygen atoms in total. The highest BCUT2D eigenvalue weighted by molar-refractivity contribution is 7.14. The van der Waals surface area contributed by atoms with Gasteiger partial charge in [0.25, 0.3) is 5.91 Å². The molecule has 0 saturated heterocycles. The molecular weight excluding hydrogens is 394 g/mol. The van der Waals surface area contributed by atoms with E-state index < -0.39 is 12.1 Å². The predicted octanol–water partition coefficient (Wildman–Crippen LogP) is 4.05. The first kappa shape index (κ1) is 20.0. The van der Waals surface area contributed by atoms with Gasteiger partial charge in [-0.15, -0.1) is 11.3 Å². The normalized spacial score (nSPS) is 11.7. The number of carbonyl (C=O) groups is 2. The van der Waals surface area contributed by atoms with Gasteiger partial charge < -0.3 is 15.0 Å². The Morgan fingerprint density at radius 2 is 1.93 bits per heavy atom. The highest BCUT2D eigenvalue weighted by Crippen LogP contribution is 2.26. The number of hydrogen-bond donors (Lipinski definition) is 1. The molecule has 3 aromatic rings. The van der Waals surface area contributed by atoms with Gasteiger partial charge in [-0.3, -0.25) is 9.59 Å². The monoisotopic (exact) mass is 415 g/mol. The van der Waals surface area contributed by atoms with Crippen molar-refractivity contribution in [2.24, 2.45) is 0 Å². The molecule has 1 aromatic carbocycles. The number of carbonyl (C=O) groups excluding carboxylic acids is 2. The van der Waals surface area contributed by atoms with Crippen LogP contribution in [0.5, 0.6) is 0 Å². The van der Waals surface area contributed by atoms with Gasteiger partial charge in [0, 0.05) is 41.8 Å². The van der Waals surface area contributed by atoms with Crippen LogP contribution in [-0.4, -0.2) is 37.1 Å². The maximum absolute atomic E-state index is 12.3. The molecule has 0 radical (unpaired) electrons. The van der Waals surface area contributed by atoms with Crippen molar-refractivity contribution in [3.8, 4) is 10.6 Å². The zero-order chi connectivity index (χ0) is 20.1. The fourth-order valence-electron chi connectivity index (χ4n) is 2.43. The van der Waals surface area contributed by atoms with Gasteiger partial charge in [0.15, 0.2) is 6.10 Å². The summed E-state index contributed by atoms with van der Waals surface area (Å²) < 4.78 is 5.26. The maximum atomic E-state index is 12.3. The summed E-state index contributed by atoms with van der Waals surface area (Å²) in [6.45, 7) is 1.55. The lowest BCUT2D eigenvalue weighted by Gasteiger charge is -2.15. The summed E-state index contributed by atoms with van der Waals surface area (Å²) in [6.07, 6.45) is -0.855. The minimum atomic E-state index is -0.893. The minimum absolute atomic E-state index is 0.0375. The van der Waals surface area contributed by atoms with Gasteiger partial charge in [0.05, 0.1) is 12.1 Å². The number of rotatable bonds is 7. The second-order valence-corrected chi connectivity index (χ2v) is 8.03. The molecule has 3 rings (SSSR count). The summed E-state index contributed by atoms with van der Waals surface area (Å²) >= 11 is 3.08. The molecule has 1 N–H and O–H groups in total. The van der Waals surface area contributed by atoms with Gasteiger partial charge in [0.2, 0.25) is 0 Å². The Hall–Kier alpha value is -2.71. The fraction of sp³-hybridized carbons (Fsp3) is 0.250. The van der Waals surface area contributed by atoms with Gasteiger partial charge in [-0.25, -0.2) is 4.98 Å². The standard InChI is InChI=1S/C20H21N3O3S2/c1-13(19(25)21-15-4-6-17(7-5-15)23(2)3)26-18(24)10-16-12-28-20(22-16)14-8-9-27-11-14/h4-9,11-13H,10H2,1-3H3,(H,21,25). The lowest BCUT2D eigenvalue weighted by molar-refractivity contribution is -0.152. The van der Waals surface area contributed by atoms with Gasteiger partial charge in [-0.05, 0) is 42.6 Å². The number of benzene rings is 1. The molecule has 0 aliphatic heterocycles. The number of aromatic nitrogens is 1. The third-order valence-electron chi connectivity index (χ3n) is 3.97. The summed E-state index contributed by atoms with van der Waals surface area (Å²) in [4.78, 5) is 30.8. The van der Waals surface area contributed by atoms with E-state index in [2.05, 4.69) is 10.3 Å². The van der Waals surface area contributed by atoms with E-state index in [0.29, 0.717) is 11.4 Å². The molecule has 0 saturated carbocycles. The number of anilines is 2. The van der Waals surface area contributed by atoms with Crippen molar-refractivity contribution in [3.63, 3.8) is 0 Å². The van der Waals surface area contributed by atoms with Crippen molar-refractivity contribution in [1.29, 1.82) is 0 Å². The number of nitrogens with zero attached hydrogens (tertiary/aromatic N) is 2.